The molecule has 0 fully saturated rings. The number of amides is 1. The van der Waals surface area contributed by atoms with E-state index in [4.69, 9.17) is 4.42 Å². The number of carbonyl (C=O) groups excluding carboxylic acids is 1. The van der Waals surface area contributed by atoms with Crippen LogP contribution in [0.4, 0.5) is 5.69 Å². The first-order chi connectivity index (χ1) is 13.1. The fraction of sp³-hybridized carbons (Fsp3) is 0.150. The first-order valence-electron chi connectivity index (χ1n) is 8.38. The molecule has 0 unspecified atom stereocenters. The van der Waals surface area contributed by atoms with E-state index in [9.17, 15) is 4.79 Å². The van der Waals surface area contributed by atoms with Crippen LogP contribution in [0.25, 0.3) is 21.7 Å². The topological polar surface area (TPSA) is 68.0 Å². The summed E-state index contributed by atoms with van der Waals surface area (Å²) in [5.74, 6) is 1.07. The molecule has 4 rings (SSSR count). The summed E-state index contributed by atoms with van der Waals surface area (Å²) in [6.45, 7) is 1.83. The van der Waals surface area contributed by atoms with Crippen LogP contribution in [0.3, 0.4) is 0 Å². The van der Waals surface area contributed by atoms with Gasteiger partial charge in [-0.1, -0.05) is 30.0 Å². The molecule has 0 radical (unpaired) electrons. The van der Waals surface area contributed by atoms with Crippen molar-refractivity contribution in [1.29, 1.82) is 0 Å². The van der Waals surface area contributed by atoms with Crippen molar-refractivity contribution in [3.05, 3.63) is 60.0 Å². The number of carbonyl (C=O) groups is 1. The fourth-order valence-corrected chi connectivity index (χ4v) is 4.25. The lowest BCUT2D eigenvalue weighted by atomic mass is 10.2. The van der Waals surface area contributed by atoms with Crippen molar-refractivity contribution in [3.63, 3.8) is 0 Å². The number of fused-ring (bicyclic) bond motifs is 1. The molecule has 0 aliphatic carbocycles. The lowest BCUT2D eigenvalue weighted by molar-refractivity contribution is -0.115. The highest BCUT2D eigenvalue weighted by Crippen LogP contribution is 2.30. The number of thioether (sulfide) groups is 1. The van der Waals surface area contributed by atoms with Gasteiger partial charge in [0.05, 0.1) is 22.3 Å². The van der Waals surface area contributed by atoms with Crippen LogP contribution < -0.4 is 5.32 Å². The van der Waals surface area contributed by atoms with E-state index < -0.39 is 0 Å². The number of aromatic nitrogens is 2. The molecule has 0 aliphatic heterocycles. The first kappa shape index (κ1) is 17.8. The maximum absolute atomic E-state index is 12.5. The van der Waals surface area contributed by atoms with Crippen LogP contribution in [0.2, 0.25) is 0 Å². The summed E-state index contributed by atoms with van der Waals surface area (Å²) in [5, 5.41) is 2.94. The number of benzene rings is 2. The Morgan fingerprint density at radius 1 is 1.19 bits per heavy atom. The smallest absolute Gasteiger partial charge is 0.230 e. The number of nitrogens with one attached hydrogen (secondary N) is 1. The van der Waals surface area contributed by atoms with Crippen LogP contribution in [0.5, 0.6) is 0 Å². The Morgan fingerprint density at radius 2 is 2.00 bits per heavy atom. The second kappa shape index (κ2) is 7.54. The number of anilines is 1. The van der Waals surface area contributed by atoms with E-state index in [1.807, 2.05) is 61.7 Å². The van der Waals surface area contributed by atoms with Gasteiger partial charge in [-0.2, -0.15) is 0 Å². The minimum Gasteiger partial charge on any atom is -0.441 e. The molecular weight excluding hydrogens is 378 g/mol. The SMILES string of the molecule is CSc1nc2ccc(NC(=O)Cc3nc(-c4ccccc4)oc3C)cc2s1. The van der Waals surface area contributed by atoms with E-state index in [0.717, 1.165) is 25.8 Å². The second-order valence-electron chi connectivity index (χ2n) is 5.98. The highest BCUT2D eigenvalue weighted by atomic mass is 32.2. The monoisotopic (exact) mass is 395 g/mol. The van der Waals surface area contributed by atoms with Crippen molar-refractivity contribution >= 4 is 44.9 Å². The Morgan fingerprint density at radius 3 is 2.78 bits per heavy atom. The Balaban J connectivity index is 1.49. The van der Waals surface area contributed by atoms with Gasteiger partial charge in [-0.3, -0.25) is 4.79 Å². The molecule has 2 aromatic carbocycles. The minimum atomic E-state index is -0.125. The summed E-state index contributed by atoms with van der Waals surface area (Å²) in [7, 11) is 0. The maximum atomic E-state index is 12.5. The zero-order valence-electron chi connectivity index (χ0n) is 14.9. The largest absolute Gasteiger partial charge is 0.441 e. The van der Waals surface area contributed by atoms with Gasteiger partial charge >= 0.3 is 0 Å². The Labute approximate surface area is 164 Å². The predicted molar refractivity (Wildman–Crippen MR) is 110 cm³/mol. The third-order valence-electron chi connectivity index (χ3n) is 4.07. The average molecular weight is 396 g/mol. The predicted octanol–water partition coefficient (Wildman–Crippen LogP) is 5.16. The third-order valence-corrected chi connectivity index (χ3v) is 6.07. The van der Waals surface area contributed by atoms with Gasteiger partial charge in [-0.05, 0) is 43.5 Å². The van der Waals surface area contributed by atoms with E-state index in [0.29, 0.717) is 17.3 Å². The Kier molecular flexibility index (Phi) is 4.96. The number of aryl methyl sites for hydroxylation is 1. The minimum absolute atomic E-state index is 0.125. The molecule has 4 aromatic rings. The summed E-state index contributed by atoms with van der Waals surface area (Å²) in [6.07, 6.45) is 2.17. The maximum Gasteiger partial charge on any atom is 0.230 e. The quantitative estimate of drug-likeness (QED) is 0.473. The van der Waals surface area contributed by atoms with Crippen LogP contribution in [-0.2, 0) is 11.2 Å². The molecule has 0 bridgehead atoms. The molecule has 136 valence electrons. The van der Waals surface area contributed by atoms with Crippen molar-refractivity contribution in [1.82, 2.24) is 9.97 Å². The van der Waals surface area contributed by atoms with Crippen molar-refractivity contribution in [2.75, 3.05) is 11.6 Å². The van der Waals surface area contributed by atoms with E-state index in [1.54, 1.807) is 23.1 Å². The van der Waals surface area contributed by atoms with Crippen LogP contribution in [0, 0.1) is 6.92 Å². The Bertz CT molecular complexity index is 1100. The molecule has 0 saturated heterocycles. The van der Waals surface area contributed by atoms with Crippen LogP contribution in [-0.4, -0.2) is 22.1 Å². The standard InChI is InChI=1S/C20H17N3O2S2/c1-12-16(22-19(25-12)13-6-4-3-5-7-13)11-18(24)21-14-8-9-15-17(10-14)27-20(23-15)26-2/h3-10H,11H2,1-2H3,(H,21,24). The normalized spacial score (nSPS) is 11.0. The highest BCUT2D eigenvalue weighted by Gasteiger charge is 2.15. The van der Waals surface area contributed by atoms with E-state index in [-0.39, 0.29) is 12.3 Å². The number of hydrogen-bond donors (Lipinski definition) is 1. The number of oxazole rings is 1. The van der Waals surface area contributed by atoms with E-state index in [1.165, 1.54) is 0 Å². The molecule has 0 atom stereocenters. The lowest BCUT2D eigenvalue weighted by Crippen LogP contribution is -2.15. The van der Waals surface area contributed by atoms with Gasteiger partial charge in [0.1, 0.15) is 5.76 Å². The summed E-state index contributed by atoms with van der Waals surface area (Å²) in [4.78, 5) is 21.5. The zero-order valence-corrected chi connectivity index (χ0v) is 16.5. The van der Waals surface area contributed by atoms with Crippen LogP contribution >= 0.6 is 23.1 Å². The second-order valence-corrected chi connectivity index (χ2v) is 8.06. The number of thiazole rings is 1. The number of rotatable bonds is 5. The van der Waals surface area contributed by atoms with Crippen molar-refractivity contribution in [3.8, 4) is 11.5 Å². The van der Waals surface area contributed by atoms with E-state index in [2.05, 4.69) is 15.3 Å². The van der Waals surface area contributed by atoms with Gasteiger partial charge in [-0.15, -0.1) is 11.3 Å². The van der Waals surface area contributed by atoms with Gasteiger partial charge < -0.3 is 9.73 Å². The summed E-state index contributed by atoms with van der Waals surface area (Å²) in [5.41, 5.74) is 3.25. The molecule has 0 aliphatic rings. The molecule has 0 spiro atoms. The Hall–Kier alpha value is -2.64. The molecule has 1 amide bonds. The van der Waals surface area contributed by atoms with Crippen molar-refractivity contribution < 1.29 is 9.21 Å². The van der Waals surface area contributed by atoms with Crippen molar-refractivity contribution in [2.45, 2.75) is 17.7 Å². The average Bonchev–Trinajstić information content (AvgIpc) is 3.25. The van der Waals surface area contributed by atoms with Crippen LogP contribution in [0.15, 0.2) is 57.3 Å². The molecular formula is C20H17N3O2S2. The molecule has 7 heteroatoms. The number of nitrogens with zero attached hydrogens (tertiary/aromatic N) is 2. The van der Waals surface area contributed by atoms with Gasteiger partial charge in [-0.25, -0.2) is 9.97 Å². The zero-order chi connectivity index (χ0) is 18.8. The summed E-state index contributed by atoms with van der Waals surface area (Å²) in [6, 6.07) is 15.4. The summed E-state index contributed by atoms with van der Waals surface area (Å²) < 4.78 is 7.80. The molecule has 27 heavy (non-hydrogen) atoms. The van der Waals surface area contributed by atoms with Crippen LogP contribution in [0.1, 0.15) is 11.5 Å². The molecule has 2 heterocycles. The lowest BCUT2D eigenvalue weighted by Gasteiger charge is -2.04. The first-order valence-corrected chi connectivity index (χ1v) is 10.4. The molecule has 1 N–H and O–H groups in total. The molecule has 0 saturated carbocycles. The fourth-order valence-electron chi connectivity index (χ4n) is 2.72. The summed E-state index contributed by atoms with van der Waals surface area (Å²) >= 11 is 3.24. The van der Waals surface area contributed by atoms with Gasteiger partial charge in [0.15, 0.2) is 4.34 Å². The van der Waals surface area contributed by atoms with Gasteiger partial charge in [0.25, 0.3) is 0 Å². The highest BCUT2D eigenvalue weighted by molar-refractivity contribution is 8.00. The van der Waals surface area contributed by atoms with E-state index >= 15 is 0 Å². The van der Waals surface area contributed by atoms with Crippen molar-refractivity contribution in [2.24, 2.45) is 0 Å². The molecule has 2 aromatic heterocycles. The number of hydrogen-bond acceptors (Lipinski definition) is 6. The van der Waals surface area contributed by atoms with Gasteiger partial charge in [0.2, 0.25) is 11.8 Å². The third kappa shape index (κ3) is 3.89. The molecule has 5 nitrogen and oxygen atoms in total. The van der Waals surface area contributed by atoms with Gasteiger partial charge in [0, 0.05) is 11.3 Å².